The highest BCUT2D eigenvalue weighted by Crippen LogP contribution is 2.21. The molecule has 1 fully saturated rings. The normalized spacial score (nSPS) is 14.4. The van der Waals surface area contributed by atoms with E-state index in [4.69, 9.17) is 9.26 Å². The minimum atomic E-state index is -0.410. The number of carbonyl (C=O) groups is 1. The molecule has 0 unspecified atom stereocenters. The third-order valence-electron chi connectivity index (χ3n) is 5.29. The topological polar surface area (TPSA) is 93.7 Å². The predicted octanol–water partition coefficient (Wildman–Crippen LogP) is 1.36. The van der Waals surface area contributed by atoms with Crippen LogP contribution in [0, 0.1) is 13.8 Å². The number of anilines is 1. The summed E-state index contributed by atoms with van der Waals surface area (Å²) < 4.78 is 11.5. The fourth-order valence-corrected chi connectivity index (χ4v) is 3.69. The number of hydrogen-bond acceptors (Lipinski definition) is 7. The lowest BCUT2D eigenvalue weighted by atomic mass is 10.2. The Balaban J connectivity index is 1.43. The minimum absolute atomic E-state index is 0.107. The number of rotatable bonds is 4. The van der Waals surface area contributed by atoms with Gasteiger partial charge in [-0.1, -0.05) is 5.16 Å². The number of methoxy groups -OCH3 is 1. The van der Waals surface area contributed by atoms with Crippen LogP contribution >= 0.6 is 0 Å². The zero-order valence-electron chi connectivity index (χ0n) is 16.7. The van der Waals surface area contributed by atoms with Gasteiger partial charge in [0.25, 0.3) is 5.56 Å². The summed E-state index contributed by atoms with van der Waals surface area (Å²) >= 11 is 0. The van der Waals surface area contributed by atoms with Crippen molar-refractivity contribution >= 4 is 22.5 Å². The Labute approximate surface area is 167 Å². The summed E-state index contributed by atoms with van der Waals surface area (Å²) in [6, 6.07) is 7.87. The van der Waals surface area contributed by atoms with Crippen LogP contribution in [-0.2, 0) is 11.3 Å². The molecule has 1 saturated heterocycles. The average Bonchev–Trinajstić information content (AvgIpc) is 3.14. The van der Waals surface area contributed by atoms with Crippen molar-refractivity contribution in [2.75, 3.05) is 38.2 Å². The van der Waals surface area contributed by atoms with Crippen molar-refractivity contribution in [1.82, 2.24) is 19.8 Å². The first-order chi connectivity index (χ1) is 14.0. The molecule has 1 aromatic carbocycles. The zero-order valence-corrected chi connectivity index (χ0v) is 16.7. The van der Waals surface area contributed by atoms with Gasteiger partial charge in [-0.25, -0.2) is 4.68 Å². The average molecular weight is 397 g/mol. The highest BCUT2D eigenvalue weighted by Gasteiger charge is 2.23. The second kappa shape index (κ2) is 7.57. The number of nitrogens with zero attached hydrogens (tertiary/aromatic N) is 5. The highest BCUT2D eigenvalue weighted by atomic mass is 16.5. The number of carbonyl (C=O) groups excluding carboxylic acids is 1. The van der Waals surface area contributed by atoms with Crippen molar-refractivity contribution in [3.63, 3.8) is 0 Å². The second-order valence-electron chi connectivity index (χ2n) is 7.08. The smallest absolute Gasteiger partial charge is 0.297 e. The first-order valence-corrected chi connectivity index (χ1v) is 9.48. The Hall–Kier alpha value is -3.36. The van der Waals surface area contributed by atoms with E-state index in [0.717, 1.165) is 24.5 Å². The Morgan fingerprint density at radius 3 is 2.48 bits per heavy atom. The molecule has 0 aliphatic carbocycles. The number of amides is 1. The Kier molecular flexibility index (Phi) is 4.96. The van der Waals surface area contributed by atoms with Crippen LogP contribution in [0.25, 0.3) is 10.9 Å². The number of aromatic nitrogens is 3. The van der Waals surface area contributed by atoms with E-state index in [1.165, 1.54) is 4.68 Å². The summed E-state index contributed by atoms with van der Waals surface area (Å²) in [5, 5.41) is 8.73. The molecule has 3 heterocycles. The number of benzene rings is 1. The maximum absolute atomic E-state index is 12.7. The lowest BCUT2D eigenvalue weighted by molar-refractivity contribution is -0.132. The van der Waals surface area contributed by atoms with Gasteiger partial charge in [-0.2, -0.15) is 5.10 Å². The van der Waals surface area contributed by atoms with E-state index in [1.54, 1.807) is 25.9 Å². The summed E-state index contributed by atoms with van der Waals surface area (Å²) in [7, 11) is 1.64. The van der Waals surface area contributed by atoms with Crippen LogP contribution < -0.4 is 15.2 Å². The largest absolute Gasteiger partial charge is 0.497 e. The first-order valence-electron chi connectivity index (χ1n) is 9.48. The van der Waals surface area contributed by atoms with E-state index < -0.39 is 5.56 Å². The number of ether oxygens (including phenoxy) is 1. The fourth-order valence-electron chi connectivity index (χ4n) is 3.69. The van der Waals surface area contributed by atoms with Crippen LogP contribution in [0.15, 0.2) is 33.6 Å². The third kappa shape index (κ3) is 3.55. The molecule has 0 saturated carbocycles. The molecule has 0 radical (unpaired) electrons. The minimum Gasteiger partial charge on any atom is -0.497 e. The van der Waals surface area contributed by atoms with Gasteiger partial charge in [0.1, 0.15) is 18.1 Å². The molecular weight excluding hydrogens is 374 g/mol. The van der Waals surface area contributed by atoms with Crippen molar-refractivity contribution in [2.45, 2.75) is 20.4 Å². The van der Waals surface area contributed by atoms with Crippen LogP contribution in [0.4, 0.5) is 5.69 Å². The quantitative estimate of drug-likeness (QED) is 0.656. The van der Waals surface area contributed by atoms with E-state index in [1.807, 2.05) is 24.3 Å². The van der Waals surface area contributed by atoms with Crippen molar-refractivity contribution in [1.29, 1.82) is 0 Å². The molecule has 4 rings (SSSR count). The molecule has 0 spiro atoms. The molecule has 2 aromatic heterocycles. The molecule has 1 aliphatic rings. The van der Waals surface area contributed by atoms with E-state index in [9.17, 15) is 9.59 Å². The molecule has 0 bridgehead atoms. The monoisotopic (exact) mass is 397 g/mol. The van der Waals surface area contributed by atoms with Gasteiger partial charge in [-0.05, 0) is 38.1 Å². The van der Waals surface area contributed by atoms with E-state index in [-0.39, 0.29) is 18.0 Å². The molecular formula is C20H23N5O4. The maximum atomic E-state index is 12.7. The molecule has 152 valence electrons. The fraction of sp³-hybridized carbons (Fsp3) is 0.400. The van der Waals surface area contributed by atoms with Gasteiger partial charge in [0, 0.05) is 31.9 Å². The van der Waals surface area contributed by atoms with Gasteiger partial charge in [0.15, 0.2) is 5.52 Å². The lowest BCUT2D eigenvalue weighted by Gasteiger charge is -2.36. The van der Waals surface area contributed by atoms with Gasteiger partial charge in [0.05, 0.1) is 18.2 Å². The van der Waals surface area contributed by atoms with Crippen LogP contribution in [0.5, 0.6) is 5.75 Å². The van der Waals surface area contributed by atoms with Gasteiger partial charge in [-0.3, -0.25) is 9.59 Å². The van der Waals surface area contributed by atoms with Gasteiger partial charge >= 0.3 is 0 Å². The van der Waals surface area contributed by atoms with E-state index in [0.29, 0.717) is 29.9 Å². The van der Waals surface area contributed by atoms with Crippen LogP contribution in [0.1, 0.15) is 11.5 Å². The molecule has 0 N–H and O–H groups in total. The van der Waals surface area contributed by atoms with E-state index in [2.05, 4.69) is 15.2 Å². The number of hydrogen-bond donors (Lipinski definition) is 0. The molecule has 9 nitrogen and oxygen atoms in total. The number of aryl methyl sites for hydroxylation is 2. The third-order valence-corrected chi connectivity index (χ3v) is 5.29. The molecule has 1 aliphatic heterocycles. The van der Waals surface area contributed by atoms with Crippen LogP contribution in [-0.4, -0.2) is 59.0 Å². The first kappa shape index (κ1) is 19.0. The maximum Gasteiger partial charge on any atom is 0.297 e. The predicted molar refractivity (Wildman–Crippen MR) is 107 cm³/mol. The Morgan fingerprint density at radius 2 is 1.83 bits per heavy atom. The number of piperazine rings is 1. The van der Waals surface area contributed by atoms with Crippen molar-refractivity contribution < 1.29 is 14.1 Å². The summed E-state index contributed by atoms with van der Waals surface area (Å²) in [6.45, 7) is 6.03. The summed E-state index contributed by atoms with van der Waals surface area (Å²) in [6.07, 6.45) is 0. The van der Waals surface area contributed by atoms with Crippen molar-refractivity contribution in [3.05, 3.63) is 46.1 Å². The summed E-state index contributed by atoms with van der Waals surface area (Å²) in [5.74, 6) is 1.23. The zero-order chi connectivity index (χ0) is 20.5. The van der Waals surface area contributed by atoms with E-state index >= 15 is 0 Å². The highest BCUT2D eigenvalue weighted by molar-refractivity contribution is 5.82. The SMILES string of the molecule is COc1ccc(N2CCN(C(=O)Cn3nc(C)c4c(C)onc4c3=O)CC2)cc1. The standard InChI is InChI=1S/C20H23N5O4/c1-13-18-14(2)29-22-19(18)20(27)25(21-13)12-17(26)24-10-8-23(9-11-24)15-4-6-16(28-3)7-5-15/h4-7H,8-12H2,1-3H3. The number of fused-ring (bicyclic) bond motifs is 1. The lowest BCUT2D eigenvalue weighted by Crippen LogP contribution is -2.50. The molecule has 9 heteroatoms. The molecule has 1 amide bonds. The summed E-state index contributed by atoms with van der Waals surface area (Å²) in [5.41, 5.74) is 1.52. The van der Waals surface area contributed by atoms with Gasteiger partial charge < -0.3 is 19.1 Å². The van der Waals surface area contributed by atoms with Crippen molar-refractivity contribution in [2.24, 2.45) is 0 Å². The van der Waals surface area contributed by atoms with Crippen LogP contribution in [0.3, 0.4) is 0 Å². The summed E-state index contributed by atoms with van der Waals surface area (Å²) in [4.78, 5) is 29.3. The Bertz CT molecular complexity index is 1090. The Morgan fingerprint density at radius 1 is 1.14 bits per heavy atom. The second-order valence-corrected chi connectivity index (χ2v) is 7.08. The molecule has 0 atom stereocenters. The van der Waals surface area contributed by atoms with Crippen molar-refractivity contribution in [3.8, 4) is 5.75 Å². The molecule has 3 aromatic rings. The van der Waals surface area contributed by atoms with Gasteiger partial charge in [-0.15, -0.1) is 0 Å². The van der Waals surface area contributed by atoms with Gasteiger partial charge in [0.2, 0.25) is 5.91 Å². The van der Waals surface area contributed by atoms with Crippen LogP contribution in [0.2, 0.25) is 0 Å². The molecule has 29 heavy (non-hydrogen) atoms.